The number of alkyl halides is 3. The molecule has 1 aromatic carbocycles. The predicted octanol–water partition coefficient (Wildman–Crippen LogP) is 4.33. The largest absolute Gasteiger partial charge is 0.490 e. The van der Waals surface area contributed by atoms with Crippen molar-refractivity contribution in [2.45, 2.75) is 44.6 Å². The molecule has 2 aliphatic heterocycles. The first kappa shape index (κ1) is 39.8. The third-order valence-electron chi connectivity index (χ3n) is 9.29. The molecular formula is C37H44F3N9O5. The number of carboxylic acid groups (broad SMARTS) is 1. The lowest BCUT2D eigenvalue weighted by atomic mass is 10.0. The normalized spacial score (nSPS) is 17.0. The molecule has 4 aromatic rings. The van der Waals surface area contributed by atoms with Gasteiger partial charge in [-0.15, -0.1) is 0 Å². The highest BCUT2D eigenvalue weighted by atomic mass is 19.4. The number of aromatic nitrogens is 4. The minimum Gasteiger partial charge on any atom is -0.475 e. The Morgan fingerprint density at radius 2 is 1.78 bits per heavy atom. The highest BCUT2D eigenvalue weighted by molar-refractivity contribution is 6.03. The van der Waals surface area contributed by atoms with Crippen LogP contribution in [0.25, 0.3) is 22.3 Å². The number of piperidine rings is 1. The van der Waals surface area contributed by atoms with E-state index >= 15 is 0 Å². The summed E-state index contributed by atoms with van der Waals surface area (Å²) in [6.45, 7) is 11.3. The van der Waals surface area contributed by atoms with Gasteiger partial charge in [-0.3, -0.25) is 19.5 Å². The number of nitrogens with zero attached hydrogens (tertiary/aromatic N) is 6. The van der Waals surface area contributed by atoms with Gasteiger partial charge in [0.15, 0.2) is 0 Å². The van der Waals surface area contributed by atoms with Crippen LogP contribution in [0.1, 0.15) is 35.8 Å². The molecule has 17 heteroatoms. The number of anilines is 2. The molecule has 3 aromatic heterocycles. The fourth-order valence-electron chi connectivity index (χ4n) is 6.09. The second kappa shape index (κ2) is 17.6. The Kier molecular flexibility index (Phi) is 13.0. The van der Waals surface area contributed by atoms with Gasteiger partial charge in [-0.05, 0) is 81.9 Å². The summed E-state index contributed by atoms with van der Waals surface area (Å²) in [6, 6.07) is 13.6. The van der Waals surface area contributed by atoms with Crippen molar-refractivity contribution in [2.24, 2.45) is 0 Å². The summed E-state index contributed by atoms with van der Waals surface area (Å²) in [6.07, 6.45) is 0.0892. The number of nitrogens with one attached hydrogen (secondary N) is 3. The lowest BCUT2D eigenvalue weighted by molar-refractivity contribution is -0.192. The molecule has 2 fully saturated rings. The number of amides is 2. The second-order valence-electron chi connectivity index (χ2n) is 13.3. The predicted molar refractivity (Wildman–Crippen MR) is 197 cm³/mol. The van der Waals surface area contributed by atoms with Crippen molar-refractivity contribution in [3.63, 3.8) is 0 Å². The van der Waals surface area contributed by atoms with Gasteiger partial charge in [-0.1, -0.05) is 18.7 Å². The second-order valence-corrected chi connectivity index (χ2v) is 13.3. The summed E-state index contributed by atoms with van der Waals surface area (Å²) in [7, 11) is 3.88. The topological polar surface area (TPSA) is 169 Å². The van der Waals surface area contributed by atoms with Gasteiger partial charge in [0.1, 0.15) is 23.5 Å². The molecule has 288 valence electrons. The van der Waals surface area contributed by atoms with E-state index in [1.807, 2.05) is 62.3 Å². The summed E-state index contributed by atoms with van der Waals surface area (Å²) in [5.74, 6) is -2.22. The Morgan fingerprint density at radius 1 is 1.07 bits per heavy atom. The van der Waals surface area contributed by atoms with Crippen molar-refractivity contribution in [1.29, 1.82) is 0 Å². The van der Waals surface area contributed by atoms with Crippen molar-refractivity contribution in [2.75, 3.05) is 63.7 Å². The Labute approximate surface area is 310 Å². The van der Waals surface area contributed by atoms with Gasteiger partial charge in [0.2, 0.25) is 5.91 Å². The van der Waals surface area contributed by atoms with E-state index in [0.29, 0.717) is 36.7 Å². The number of fused-ring (bicyclic) bond motifs is 1. The third kappa shape index (κ3) is 10.4. The number of pyridine rings is 1. The zero-order chi connectivity index (χ0) is 39.0. The average Bonchev–Trinajstić information content (AvgIpc) is 3.60. The number of hydrogen-bond acceptors (Lipinski definition) is 10. The molecule has 0 aliphatic carbocycles. The molecule has 0 unspecified atom stereocenters. The summed E-state index contributed by atoms with van der Waals surface area (Å²) in [5, 5.41) is 14.2. The van der Waals surface area contributed by atoms with Crippen LogP contribution in [-0.4, -0.2) is 124 Å². The first-order valence-corrected chi connectivity index (χ1v) is 17.4. The Bertz CT molecular complexity index is 1950. The standard InChI is InChI=1S/C35H43N9O3.C2HF3O2/c1-23(24(2)42(3)4)34(45)40-28-6-5-13-43(21-28)20-25-11-12-36-31(18-25)35(46)39-27-9-7-26(8-10-27)30-19-29-32(41-30)37-22-38-33(29)44-14-16-47-17-15-44;3-2(4,5)1(6)7/h7-12,18-19,22,24,28H,1,5-6,13-17,20-21H2,2-4H3,(H,39,46)(H,40,45)(H,37,38,41);(H,6,7)/t24-,28-;/m1./s1. The maximum atomic E-state index is 13.2. The van der Waals surface area contributed by atoms with Crippen LogP contribution in [0.4, 0.5) is 24.7 Å². The van der Waals surface area contributed by atoms with Gasteiger partial charge >= 0.3 is 12.1 Å². The Morgan fingerprint density at radius 3 is 2.44 bits per heavy atom. The van der Waals surface area contributed by atoms with E-state index in [1.165, 1.54) is 0 Å². The molecule has 6 rings (SSSR count). The maximum absolute atomic E-state index is 13.2. The Hall–Kier alpha value is -5.39. The molecule has 5 heterocycles. The third-order valence-corrected chi connectivity index (χ3v) is 9.29. The quantitative estimate of drug-likeness (QED) is 0.170. The highest BCUT2D eigenvalue weighted by Crippen LogP contribution is 2.30. The van der Waals surface area contributed by atoms with Crippen molar-refractivity contribution >= 4 is 40.3 Å². The number of likely N-dealkylation sites (tertiary alicyclic amines) is 1. The SMILES string of the molecule is C=C(C(=O)N[C@@H]1CCCN(Cc2ccnc(C(=O)Nc3ccc(-c4cc5c(N6CCOCC6)ncnc5[nH]4)cc3)c2)C1)[C@@H](C)N(C)C.O=C(O)C(F)(F)F. The summed E-state index contributed by atoms with van der Waals surface area (Å²) in [4.78, 5) is 58.1. The molecule has 2 aliphatic rings. The molecule has 2 atom stereocenters. The average molecular weight is 752 g/mol. The van der Waals surface area contributed by atoms with E-state index in [0.717, 1.165) is 72.7 Å². The zero-order valence-corrected chi connectivity index (χ0v) is 30.3. The van der Waals surface area contributed by atoms with E-state index in [1.54, 1.807) is 12.5 Å². The number of rotatable bonds is 10. The number of H-pyrrole nitrogens is 1. The number of carbonyl (C=O) groups is 3. The van der Waals surface area contributed by atoms with Crippen LogP contribution >= 0.6 is 0 Å². The minimum absolute atomic E-state index is 0.0295. The number of halogens is 3. The summed E-state index contributed by atoms with van der Waals surface area (Å²) >= 11 is 0. The number of likely N-dealkylation sites (N-methyl/N-ethyl adjacent to an activating group) is 1. The molecular weight excluding hydrogens is 707 g/mol. The van der Waals surface area contributed by atoms with Gasteiger partial charge < -0.3 is 35.3 Å². The van der Waals surface area contributed by atoms with Crippen LogP contribution in [0.3, 0.4) is 0 Å². The summed E-state index contributed by atoms with van der Waals surface area (Å²) < 4.78 is 37.2. The number of hydrogen-bond donors (Lipinski definition) is 4. The van der Waals surface area contributed by atoms with E-state index in [4.69, 9.17) is 14.6 Å². The van der Waals surface area contributed by atoms with Crippen LogP contribution in [0.15, 0.2) is 67.1 Å². The monoisotopic (exact) mass is 751 g/mol. The van der Waals surface area contributed by atoms with Crippen molar-refractivity contribution in [1.82, 2.24) is 35.1 Å². The van der Waals surface area contributed by atoms with Gasteiger partial charge in [-0.2, -0.15) is 13.2 Å². The molecule has 4 N–H and O–H groups in total. The number of aromatic amines is 1. The van der Waals surface area contributed by atoms with E-state index < -0.39 is 12.1 Å². The fourth-order valence-corrected chi connectivity index (χ4v) is 6.09. The van der Waals surface area contributed by atoms with Crippen molar-refractivity contribution < 1.29 is 37.4 Å². The van der Waals surface area contributed by atoms with E-state index in [9.17, 15) is 22.8 Å². The van der Waals surface area contributed by atoms with Gasteiger partial charge in [0, 0.05) is 61.4 Å². The molecule has 2 amide bonds. The number of morpholine rings is 1. The Balaban J connectivity index is 0.000000730. The first-order chi connectivity index (χ1) is 25.7. The van der Waals surface area contributed by atoms with Crippen LogP contribution in [0, 0.1) is 0 Å². The molecule has 54 heavy (non-hydrogen) atoms. The lowest BCUT2D eigenvalue weighted by Gasteiger charge is -2.34. The van der Waals surface area contributed by atoms with Crippen molar-refractivity contribution in [3.8, 4) is 11.3 Å². The van der Waals surface area contributed by atoms with Gasteiger partial charge in [-0.25, -0.2) is 14.8 Å². The maximum Gasteiger partial charge on any atom is 0.490 e. The van der Waals surface area contributed by atoms with Crippen LogP contribution in [0.2, 0.25) is 0 Å². The molecule has 14 nitrogen and oxygen atoms in total. The molecule has 0 bridgehead atoms. The molecule has 0 spiro atoms. The minimum atomic E-state index is -5.08. The fraction of sp³-hybridized carbons (Fsp3) is 0.405. The van der Waals surface area contributed by atoms with Crippen LogP contribution in [-0.2, 0) is 20.9 Å². The van der Waals surface area contributed by atoms with Crippen LogP contribution in [0.5, 0.6) is 0 Å². The van der Waals surface area contributed by atoms with E-state index in [-0.39, 0.29) is 23.9 Å². The number of carbonyl (C=O) groups excluding carboxylic acids is 2. The van der Waals surface area contributed by atoms with Gasteiger partial charge in [0.25, 0.3) is 5.91 Å². The number of aliphatic carboxylic acids is 1. The van der Waals surface area contributed by atoms with E-state index in [2.05, 4.69) is 53.0 Å². The summed E-state index contributed by atoms with van der Waals surface area (Å²) in [5.41, 5.74) is 5.28. The zero-order valence-electron chi connectivity index (χ0n) is 30.3. The lowest BCUT2D eigenvalue weighted by Crippen LogP contribution is -2.48. The number of carboxylic acids is 1. The molecule has 2 saturated heterocycles. The smallest absolute Gasteiger partial charge is 0.475 e. The first-order valence-electron chi connectivity index (χ1n) is 17.4. The van der Waals surface area contributed by atoms with Gasteiger partial charge in [0.05, 0.1) is 18.6 Å². The van der Waals surface area contributed by atoms with Crippen LogP contribution < -0.4 is 15.5 Å². The number of ether oxygens (including phenoxy) is 1. The highest BCUT2D eigenvalue weighted by Gasteiger charge is 2.38. The molecule has 0 saturated carbocycles. The van der Waals surface area contributed by atoms with Crippen molar-refractivity contribution in [3.05, 3.63) is 78.4 Å². The molecule has 0 radical (unpaired) electrons. The number of benzene rings is 1.